The Balaban J connectivity index is 0.00000338. The largest absolute Gasteiger partial charge is 0.364 e. The number of primary amides is 1. The van der Waals surface area contributed by atoms with Gasteiger partial charge in [0.2, 0.25) is 10.0 Å². The molecule has 1 aromatic heterocycles. The number of carbonyl (C=O) groups is 1. The molecule has 2 aromatic rings. The number of hydrogen-bond acceptors (Lipinski definition) is 4. The summed E-state index contributed by atoms with van der Waals surface area (Å²) >= 11 is 3.34. The molecule has 2 rings (SSSR count). The molecule has 0 bridgehead atoms. The highest BCUT2D eigenvalue weighted by molar-refractivity contribution is 9.10. The van der Waals surface area contributed by atoms with Gasteiger partial charge in [0.25, 0.3) is 5.91 Å². The van der Waals surface area contributed by atoms with E-state index in [1.807, 2.05) is 0 Å². The van der Waals surface area contributed by atoms with E-state index < -0.39 is 26.9 Å². The van der Waals surface area contributed by atoms with Crippen molar-refractivity contribution in [3.8, 4) is 0 Å². The third kappa shape index (κ3) is 5.76. The molecular weight excluding hydrogens is 468 g/mol. The molecule has 5 N–H and O–H groups in total. The standard InChI is InChI=1S/C14H19BrN4O4S2.ClH/c1-2-7-25(22,23)18-6-5-17-24(21)13-10-8-9(15)3-4-11(10)19-12(13)14(16)20;/h3-4,8,17-19H,2,5-7H2,1H3,(H2,16,20);1H. The molecule has 0 fully saturated rings. The third-order valence-electron chi connectivity index (χ3n) is 3.30. The van der Waals surface area contributed by atoms with Gasteiger partial charge in [0.1, 0.15) is 16.7 Å². The van der Waals surface area contributed by atoms with Crippen LogP contribution in [0.15, 0.2) is 27.6 Å². The topological polar surface area (TPSA) is 134 Å². The summed E-state index contributed by atoms with van der Waals surface area (Å²) in [6.45, 7) is 1.99. The minimum atomic E-state index is -3.32. The van der Waals surface area contributed by atoms with Gasteiger partial charge in [-0.15, -0.1) is 12.4 Å². The molecule has 0 radical (unpaired) electrons. The maximum absolute atomic E-state index is 12.6. The highest BCUT2D eigenvalue weighted by Crippen LogP contribution is 2.27. The van der Waals surface area contributed by atoms with Crippen LogP contribution < -0.4 is 15.2 Å². The first-order chi connectivity index (χ1) is 11.7. The number of fused-ring (bicyclic) bond motifs is 1. The van der Waals surface area contributed by atoms with Gasteiger partial charge >= 0.3 is 0 Å². The Labute approximate surface area is 168 Å². The van der Waals surface area contributed by atoms with Gasteiger partial charge in [-0.1, -0.05) is 22.9 Å². The molecule has 0 saturated heterocycles. The Kier molecular flexibility index (Phi) is 8.70. The van der Waals surface area contributed by atoms with Gasteiger partial charge in [0.15, 0.2) is 0 Å². The van der Waals surface area contributed by atoms with E-state index in [1.54, 1.807) is 25.1 Å². The zero-order chi connectivity index (χ0) is 18.6. The van der Waals surface area contributed by atoms with Gasteiger partial charge in [-0.2, -0.15) is 0 Å². The van der Waals surface area contributed by atoms with Crippen molar-refractivity contribution in [1.29, 1.82) is 0 Å². The zero-order valence-electron chi connectivity index (χ0n) is 13.9. The van der Waals surface area contributed by atoms with Crippen molar-refractivity contribution in [1.82, 2.24) is 14.4 Å². The quantitative estimate of drug-likeness (QED) is 0.398. The number of hydrogen-bond donors (Lipinski definition) is 4. The Morgan fingerprint density at radius 3 is 2.65 bits per heavy atom. The second-order valence-electron chi connectivity index (χ2n) is 5.26. The van der Waals surface area contributed by atoms with Crippen LogP contribution in [0.25, 0.3) is 10.9 Å². The minimum Gasteiger partial charge on any atom is -0.364 e. The number of amides is 1. The van der Waals surface area contributed by atoms with Crippen molar-refractivity contribution in [2.24, 2.45) is 5.73 Å². The number of nitrogens with one attached hydrogen (secondary N) is 3. The molecule has 0 spiro atoms. The average Bonchev–Trinajstić information content (AvgIpc) is 2.90. The molecular formula is C14H20BrClN4O4S2. The van der Waals surface area contributed by atoms with Crippen LogP contribution in [-0.4, -0.2) is 42.4 Å². The number of sulfonamides is 1. The lowest BCUT2D eigenvalue weighted by atomic mass is 10.2. The van der Waals surface area contributed by atoms with Crippen molar-refractivity contribution in [2.75, 3.05) is 18.8 Å². The fourth-order valence-corrected chi connectivity index (χ4v) is 4.86. The summed E-state index contributed by atoms with van der Waals surface area (Å²) in [5.74, 6) is -0.681. The lowest BCUT2D eigenvalue weighted by Gasteiger charge is -2.07. The van der Waals surface area contributed by atoms with E-state index in [0.29, 0.717) is 17.3 Å². The molecule has 1 unspecified atom stereocenters. The number of benzene rings is 1. The van der Waals surface area contributed by atoms with Crippen LogP contribution >= 0.6 is 28.3 Å². The van der Waals surface area contributed by atoms with E-state index in [1.165, 1.54) is 0 Å². The maximum atomic E-state index is 12.6. The first-order valence-electron chi connectivity index (χ1n) is 7.49. The molecule has 1 atom stereocenters. The number of aromatic nitrogens is 1. The molecule has 0 aliphatic heterocycles. The lowest BCUT2D eigenvalue weighted by molar-refractivity contribution is 0.0993. The average molecular weight is 488 g/mol. The third-order valence-corrected chi connectivity index (χ3v) is 6.64. The summed E-state index contributed by atoms with van der Waals surface area (Å²) in [5.41, 5.74) is 6.05. The zero-order valence-corrected chi connectivity index (χ0v) is 17.9. The molecule has 8 nitrogen and oxygen atoms in total. The van der Waals surface area contributed by atoms with Gasteiger partial charge in [0.05, 0.1) is 10.6 Å². The summed E-state index contributed by atoms with van der Waals surface area (Å²) in [6, 6.07) is 5.26. The van der Waals surface area contributed by atoms with Crippen LogP contribution in [0.3, 0.4) is 0 Å². The minimum absolute atomic E-state index is 0. The molecule has 12 heteroatoms. The molecule has 0 aliphatic carbocycles. The monoisotopic (exact) mass is 486 g/mol. The summed E-state index contributed by atoms with van der Waals surface area (Å²) < 4.78 is 41.6. The normalized spacial score (nSPS) is 12.7. The molecule has 146 valence electrons. The SMILES string of the molecule is CCCS(=O)(=O)NCCNS(=O)c1c(C(N)=O)[nH]c2ccc(Br)cc12.Cl. The Hall–Kier alpha value is -0.980. The second-order valence-corrected chi connectivity index (χ2v) is 9.34. The molecule has 1 heterocycles. The molecule has 1 aromatic carbocycles. The molecule has 26 heavy (non-hydrogen) atoms. The van der Waals surface area contributed by atoms with Crippen LogP contribution in [-0.2, 0) is 21.0 Å². The van der Waals surface area contributed by atoms with Crippen molar-refractivity contribution < 1.29 is 17.4 Å². The van der Waals surface area contributed by atoms with Gasteiger partial charge in [0, 0.05) is 28.5 Å². The predicted molar refractivity (Wildman–Crippen MR) is 108 cm³/mol. The Morgan fingerprint density at radius 1 is 1.35 bits per heavy atom. The maximum Gasteiger partial charge on any atom is 0.266 e. The van der Waals surface area contributed by atoms with E-state index in [4.69, 9.17) is 5.73 Å². The van der Waals surface area contributed by atoms with E-state index >= 15 is 0 Å². The number of nitrogens with two attached hydrogens (primary N) is 1. The van der Waals surface area contributed by atoms with Crippen molar-refractivity contribution in [3.63, 3.8) is 0 Å². The fourth-order valence-electron chi connectivity index (χ4n) is 2.27. The van der Waals surface area contributed by atoms with Crippen LogP contribution in [0.1, 0.15) is 23.8 Å². The predicted octanol–water partition coefficient (Wildman–Crippen LogP) is 1.39. The molecule has 0 aliphatic rings. The van der Waals surface area contributed by atoms with Crippen LogP contribution in [0.5, 0.6) is 0 Å². The van der Waals surface area contributed by atoms with Crippen molar-refractivity contribution >= 4 is 66.2 Å². The highest BCUT2D eigenvalue weighted by atomic mass is 79.9. The number of aromatic amines is 1. The smallest absolute Gasteiger partial charge is 0.266 e. The molecule has 1 amide bonds. The first kappa shape index (κ1) is 23.1. The van der Waals surface area contributed by atoms with E-state index in [-0.39, 0.29) is 41.8 Å². The van der Waals surface area contributed by atoms with E-state index in [2.05, 4.69) is 30.4 Å². The molecule has 0 saturated carbocycles. The summed E-state index contributed by atoms with van der Waals surface area (Å²) in [6.07, 6.45) is 0.515. The number of H-pyrrole nitrogens is 1. The van der Waals surface area contributed by atoms with Gasteiger partial charge in [-0.25, -0.2) is 22.1 Å². The highest BCUT2D eigenvalue weighted by Gasteiger charge is 2.21. The van der Waals surface area contributed by atoms with Crippen LogP contribution in [0, 0.1) is 0 Å². The van der Waals surface area contributed by atoms with Crippen LogP contribution in [0.2, 0.25) is 0 Å². The van der Waals surface area contributed by atoms with Crippen molar-refractivity contribution in [2.45, 2.75) is 18.2 Å². The summed E-state index contributed by atoms with van der Waals surface area (Å²) in [4.78, 5) is 14.8. The number of rotatable bonds is 9. The van der Waals surface area contributed by atoms with Crippen LogP contribution in [0.4, 0.5) is 0 Å². The van der Waals surface area contributed by atoms with E-state index in [9.17, 15) is 17.4 Å². The van der Waals surface area contributed by atoms with Gasteiger partial charge in [-0.3, -0.25) is 4.79 Å². The lowest BCUT2D eigenvalue weighted by Crippen LogP contribution is -2.34. The Morgan fingerprint density at radius 2 is 2.04 bits per heavy atom. The summed E-state index contributed by atoms with van der Waals surface area (Å²) in [7, 11) is -5.06. The van der Waals surface area contributed by atoms with Gasteiger partial charge in [-0.05, 0) is 24.6 Å². The second kappa shape index (κ2) is 9.81. The van der Waals surface area contributed by atoms with Crippen molar-refractivity contribution in [3.05, 3.63) is 28.4 Å². The van der Waals surface area contributed by atoms with Gasteiger partial charge < -0.3 is 10.7 Å². The first-order valence-corrected chi connectivity index (χ1v) is 11.1. The van der Waals surface area contributed by atoms with E-state index in [0.717, 1.165) is 4.47 Å². The number of carbonyl (C=O) groups excluding carboxylic acids is 1. The Bertz CT molecular complexity index is 917. The fraction of sp³-hybridized carbons (Fsp3) is 0.357. The summed E-state index contributed by atoms with van der Waals surface area (Å²) in [5, 5.41) is 0.598. The number of halogens is 2.